The second-order valence-electron chi connectivity index (χ2n) is 9.64. The first kappa shape index (κ1) is 20.9. The number of hydrogen-bond acceptors (Lipinski definition) is 4. The normalized spacial score (nSPS) is 16.9. The summed E-state index contributed by atoms with van der Waals surface area (Å²) in [6.45, 7) is 5.40. The van der Waals surface area contributed by atoms with E-state index >= 15 is 0 Å². The highest BCUT2D eigenvalue weighted by Gasteiger charge is 2.46. The number of imidazole rings is 2. The predicted molar refractivity (Wildman–Crippen MR) is 129 cm³/mol. The summed E-state index contributed by atoms with van der Waals surface area (Å²) in [7, 11) is 0. The molecule has 0 bridgehead atoms. The SMILES string of the molecule is CC1(C)CC1c1ccc2nc(Cn3cc(C(=O)NCc4ncn5ccc(Cl)cc45)cn3)cn2c1. The van der Waals surface area contributed by atoms with Gasteiger partial charge in [0.05, 0.1) is 48.1 Å². The van der Waals surface area contributed by atoms with E-state index in [0.717, 1.165) is 22.6 Å². The zero-order chi connectivity index (χ0) is 23.4. The molecule has 34 heavy (non-hydrogen) atoms. The van der Waals surface area contributed by atoms with Gasteiger partial charge in [-0.25, -0.2) is 9.97 Å². The highest BCUT2D eigenvalue weighted by molar-refractivity contribution is 6.30. The van der Waals surface area contributed by atoms with Crippen LogP contribution in [0.2, 0.25) is 5.02 Å². The number of amides is 1. The molecule has 9 heteroatoms. The van der Waals surface area contributed by atoms with Crippen LogP contribution in [0.5, 0.6) is 0 Å². The van der Waals surface area contributed by atoms with Gasteiger partial charge in [-0.2, -0.15) is 5.10 Å². The van der Waals surface area contributed by atoms with Crippen LogP contribution in [0.25, 0.3) is 11.2 Å². The molecule has 8 nitrogen and oxygen atoms in total. The number of pyridine rings is 2. The van der Waals surface area contributed by atoms with Crippen LogP contribution in [0.3, 0.4) is 0 Å². The fraction of sp³-hybridized carbons (Fsp3) is 0.280. The fourth-order valence-corrected chi connectivity index (χ4v) is 4.69. The van der Waals surface area contributed by atoms with Gasteiger partial charge in [0, 0.05) is 29.8 Å². The third-order valence-electron chi connectivity index (χ3n) is 6.66. The average molecular weight is 474 g/mol. The van der Waals surface area contributed by atoms with Crippen molar-refractivity contribution in [3.8, 4) is 0 Å². The summed E-state index contributed by atoms with van der Waals surface area (Å²) < 4.78 is 5.68. The summed E-state index contributed by atoms with van der Waals surface area (Å²) in [6, 6.07) is 7.88. The molecule has 6 rings (SSSR count). The van der Waals surface area contributed by atoms with Gasteiger partial charge in [0.2, 0.25) is 0 Å². The number of carbonyl (C=O) groups excluding carboxylic acids is 1. The molecule has 5 heterocycles. The van der Waals surface area contributed by atoms with Crippen molar-refractivity contribution in [1.29, 1.82) is 0 Å². The van der Waals surface area contributed by atoms with E-state index in [4.69, 9.17) is 16.6 Å². The summed E-state index contributed by atoms with van der Waals surface area (Å²) in [4.78, 5) is 21.7. The lowest BCUT2D eigenvalue weighted by Gasteiger charge is -2.04. The van der Waals surface area contributed by atoms with E-state index in [1.165, 1.54) is 12.0 Å². The van der Waals surface area contributed by atoms with E-state index in [9.17, 15) is 4.79 Å². The molecule has 1 aliphatic carbocycles. The first-order valence-electron chi connectivity index (χ1n) is 11.2. The molecule has 1 atom stereocenters. The van der Waals surface area contributed by atoms with E-state index in [1.54, 1.807) is 29.5 Å². The lowest BCUT2D eigenvalue weighted by Crippen LogP contribution is -2.22. The minimum absolute atomic E-state index is 0.207. The van der Waals surface area contributed by atoms with E-state index in [2.05, 4.69) is 52.0 Å². The van der Waals surface area contributed by atoms with Crippen molar-refractivity contribution in [1.82, 2.24) is 33.9 Å². The third kappa shape index (κ3) is 3.84. The van der Waals surface area contributed by atoms with E-state index in [0.29, 0.717) is 35.0 Å². The largest absolute Gasteiger partial charge is 0.346 e. The Labute approximate surface area is 201 Å². The summed E-state index contributed by atoms with van der Waals surface area (Å²) in [5.41, 5.74) is 5.65. The number of nitrogens with zero attached hydrogens (tertiary/aromatic N) is 6. The number of fused-ring (bicyclic) bond motifs is 2. The van der Waals surface area contributed by atoms with Crippen LogP contribution in [-0.2, 0) is 13.1 Å². The lowest BCUT2D eigenvalue weighted by molar-refractivity contribution is 0.0950. The van der Waals surface area contributed by atoms with Crippen molar-refractivity contribution < 1.29 is 4.79 Å². The zero-order valence-corrected chi connectivity index (χ0v) is 19.7. The monoisotopic (exact) mass is 473 g/mol. The molecule has 0 spiro atoms. The summed E-state index contributed by atoms with van der Waals surface area (Å²) in [5.74, 6) is 0.410. The molecular weight excluding hydrogens is 450 g/mol. The molecule has 172 valence electrons. The van der Waals surface area contributed by atoms with Crippen molar-refractivity contribution in [3.05, 3.63) is 89.1 Å². The molecule has 5 aromatic heterocycles. The second kappa shape index (κ2) is 7.70. The van der Waals surface area contributed by atoms with Crippen molar-refractivity contribution in [2.45, 2.75) is 39.3 Å². The molecule has 1 aliphatic rings. The van der Waals surface area contributed by atoms with Gasteiger partial charge in [0.1, 0.15) is 5.65 Å². The smallest absolute Gasteiger partial charge is 0.254 e. The number of carbonyl (C=O) groups is 1. The van der Waals surface area contributed by atoms with Gasteiger partial charge in [-0.15, -0.1) is 0 Å². The van der Waals surface area contributed by atoms with Gasteiger partial charge in [0.15, 0.2) is 0 Å². The third-order valence-corrected chi connectivity index (χ3v) is 6.89. The quantitative estimate of drug-likeness (QED) is 0.398. The van der Waals surface area contributed by atoms with Gasteiger partial charge in [-0.05, 0) is 41.5 Å². The molecule has 1 fully saturated rings. The number of nitrogens with one attached hydrogen (secondary N) is 1. The molecule has 1 amide bonds. The van der Waals surface area contributed by atoms with E-state index < -0.39 is 0 Å². The fourth-order valence-electron chi connectivity index (χ4n) is 4.53. The maximum Gasteiger partial charge on any atom is 0.254 e. The zero-order valence-electron chi connectivity index (χ0n) is 18.9. The Kier molecular flexibility index (Phi) is 4.74. The highest BCUT2D eigenvalue weighted by Crippen LogP contribution is 2.58. The van der Waals surface area contributed by atoms with Crippen molar-refractivity contribution in [2.75, 3.05) is 0 Å². The van der Waals surface area contributed by atoms with Crippen molar-refractivity contribution in [3.63, 3.8) is 0 Å². The van der Waals surface area contributed by atoms with Gasteiger partial charge >= 0.3 is 0 Å². The standard InChI is InChI=1S/C25H24ClN7O/c1-25(2)8-20(25)16-3-4-23-30-19(13-32(23)11-16)14-33-12-17(9-29-33)24(34)27-10-21-22-7-18(26)5-6-31(22)15-28-21/h3-7,9,11-13,15,20H,8,10,14H2,1-2H3,(H,27,34). The minimum Gasteiger partial charge on any atom is -0.346 e. The Balaban J connectivity index is 1.13. The number of halogens is 1. The summed E-state index contributed by atoms with van der Waals surface area (Å²) in [5, 5.41) is 7.89. The number of rotatable bonds is 6. The van der Waals surface area contributed by atoms with Crippen LogP contribution < -0.4 is 5.32 Å². The Morgan fingerprint density at radius 1 is 1.21 bits per heavy atom. The van der Waals surface area contributed by atoms with Crippen LogP contribution in [0.4, 0.5) is 0 Å². The molecule has 0 radical (unpaired) electrons. The summed E-state index contributed by atoms with van der Waals surface area (Å²) >= 11 is 6.09. The molecule has 0 aliphatic heterocycles. The van der Waals surface area contributed by atoms with Crippen LogP contribution in [-0.4, -0.2) is 34.5 Å². The Bertz CT molecular complexity index is 1540. The van der Waals surface area contributed by atoms with Gasteiger partial charge in [-0.1, -0.05) is 31.5 Å². The first-order valence-corrected chi connectivity index (χ1v) is 11.6. The minimum atomic E-state index is -0.207. The van der Waals surface area contributed by atoms with E-state index in [1.807, 2.05) is 22.9 Å². The van der Waals surface area contributed by atoms with E-state index in [-0.39, 0.29) is 5.91 Å². The molecule has 5 aromatic rings. The number of aromatic nitrogens is 6. The maximum absolute atomic E-state index is 12.7. The molecule has 0 saturated heterocycles. The molecule has 1 N–H and O–H groups in total. The number of hydrogen-bond donors (Lipinski definition) is 1. The van der Waals surface area contributed by atoms with Crippen LogP contribution in [0, 0.1) is 5.41 Å². The summed E-state index contributed by atoms with van der Waals surface area (Å²) in [6.07, 6.45) is 12.3. The van der Waals surface area contributed by atoms with Crippen molar-refractivity contribution in [2.24, 2.45) is 5.41 Å². The van der Waals surface area contributed by atoms with Crippen molar-refractivity contribution >= 4 is 28.7 Å². The highest BCUT2D eigenvalue weighted by atomic mass is 35.5. The molecule has 1 saturated carbocycles. The Hall–Kier alpha value is -3.65. The molecular formula is C25H24ClN7O. The van der Waals surface area contributed by atoms with Crippen LogP contribution in [0.15, 0.2) is 61.6 Å². The first-order chi connectivity index (χ1) is 16.4. The average Bonchev–Trinajstić information content (AvgIpc) is 3.24. The van der Waals surface area contributed by atoms with Gasteiger partial charge in [-0.3, -0.25) is 9.48 Å². The lowest BCUT2D eigenvalue weighted by atomic mass is 10.1. The molecule has 1 unspecified atom stereocenters. The Morgan fingerprint density at radius 2 is 2.06 bits per heavy atom. The second-order valence-corrected chi connectivity index (χ2v) is 10.1. The van der Waals surface area contributed by atoms with Crippen LogP contribution >= 0.6 is 11.6 Å². The van der Waals surface area contributed by atoms with Gasteiger partial charge in [0.25, 0.3) is 5.91 Å². The topological polar surface area (TPSA) is 81.5 Å². The maximum atomic E-state index is 12.7. The Morgan fingerprint density at radius 3 is 2.88 bits per heavy atom. The predicted octanol–water partition coefficient (Wildman–Crippen LogP) is 4.32. The van der Waals surface area contributed by atoms with Gasteiger partial charge < -0.3 is 14.1 Å². The van der Waals surface area contributed by atoms with Crippen LogP contribution in [0.1, 0.15) is 53.5 Å². The molecule has 0 aromatic carbocycles.